The van der Waals surface area contributed by atoms with Crippen LogP contribution in [0.5, 0.6) is 0 Å². The van der Waals surface area contributed by atoms with Crippen molar-refractivity contribution in [2.45, 2.75) is 25.8 Å². The molecule has 92 valence electrons. The molecular weight excluding hydrogens is 281 g/mol. The minimum Gasteiger partial charge on any atom is -0.310 e. The second kappa shape index (κ2) is 5.78. The summed E-state index contributed by atoms with van der Waals surface area (Å²) >= 11 is 3.20. The minimum atomic E-state index is -0.216. The summed E-state index contributed by atoms with van der Waals surface area (Å²) in [5.74, 6) is 0.567. The van der Waals surface area contributed by atoms with E-state index in [4.69, 9.17) is 0 Å². The monoisotopic (exact) mass is 297 g/mol. The quantitative estimate of drug-likeness (QED) is 0.870. The number of nitrogens with one attached hydrogen (secondary N) is 1. The zero-order valence-electron chi connectivity index (χ0n) is 9.92. The van der Waals surface area contributed by atoms with Crippen molar-refractivity contribution in [1.29, 1.82) is 0 Å². The number of hydrogen-bond donors (Lipinski definition) is 1. The minimum absolute atomic E-state index is 0.216. The number of hydrogen-bond acceptors (Lipinski definition) is 1. The average Bonchev–Trinajstić information content (AvgIpc) is 2.31. The van der Waals surface area contributed by atoms with Crippen LogP contribution in [0.2, 0.25) is 0 Å². The lowest BCUT2D eigenvalue weighted by Gasteiger charge is -2.25. The predicted molar refractivity (Wildman–Crippen MR) is 73.3 cm³/mol. The molecule has 1 N–H and O–H groups in total. The zero-order valence-corrected chi connectivity index (χ0v) is 11.5. The van der Waals surface area contributed by atoms with Crippen molar-refractivity contribution in [1.82, 2.24) is 5.32 Å². The van der Waals surface area contributed by atoms with Crippen molar-refractivity contribution in [3.05, 3.63) is 40.1 Å². The highest BCUT2D eigenvalue weighted by molar-refractivity contribution is 9.10. The van der Waals surface area contributed by atoms with Crippen LogP contribution in [0.25, 0.3) is 6.08 Å². The first kappa shape index (κ1) is 12.8. The largest absolute Gasteiger partial charge is 0.310 e. The maximum Gasteiger partial charge on any atom is 0.137 e. The third-order valence-corrected chi connectivity index (χ3v) is 3.77. The Morgan fingerprint density at radius 3 is 3.00 bits per heavy atom. The van der Waals surface area contributed by atoms with E-state index in [1.165, 1.54) is 18.9 Å². The Balaban J connectivity index is 2.01. The first-order valence-corrected chi connectivity index (χ1v) is 6.81. The van der Waals surface area contributed by atoms with Crippen LogP contribution in [0.4, 0.5) is 4.39 Å². The molecule has 1 nitrogen and oxygen atoms in total. The van der Waals surface area contributed by atoms with E-state index in [0.717, 1.165) is 18.0 Å². The lowest BCUT2D eigenvalue weighted by molar-refractivity contribution is 0.357. The average molecular weight is 298 g/mol. The van der Waals surface area contributed by atoms with Crippen LogP contribution in [0.3, 0.4) is 0 Å². The number of piperidine rings is 1. The molecule has 1 fully saturated rings. The van der Waals surface area contributed by atoms with E-state index in [1.807, 2.05) is 0 Å². The van der Waals surface area contributed by atoms with Gasteiger partial charge < -0.3 is 5.32 Å². The van der Waals surface area contributed by atoms with Gasteiger partial charge in [0.25, 0.3) is 0 Å². The van der Waals surface area contributed by atoms with E-state index in [9.17, 15) is 4.39 Å². The van der Waals surface area contributed by atoms with Crippen LogP contribution in [0, 0.1) is 11.7 Å². The molecular formula is C14H17BrFN. The molecule has 0 radical (unpaired) electrons. The van der Waals surface area contributed by atoms with E-state index < -0.39 is 0 Å². The third kappa shape index (κ3) is 3.65. The molecule has 1 aliphatic heterocycles. The summed E-state index contributed by atoms with van der Waals surface area (Å²) in [6.07, 6.45) is 6.67. The van der Waals surface area contributed by atoms with Crippen LogP contribution in [0.15, 0.2) is 28.7 Å². The van der Waals surface area contributed by atoms with Crippen LogP contribution in [-0.4, -0.2) is 12.6 Å². The molecule has 0 aromatic heterocycles. The summed E-state index contributed by atoms with van der Waals surface area (Å²) < 4.78 is 13.6. The fraction of sp³-hybridized carbons (Fsp3) is 0.429. The van der Waals surface area contributed by atoms with Crippen LogP contribution in [-0.2, 0) is 0 Å². The Labute approximate surface area is 110 Å². The van der Waals surface area contributed by atoms with Gasteiger partial charge in [-0.25, -0.2) is 4.39 Å². The first-order valence-electron chi connectivity index (χ1n) is 6.02. The van der Waals surface area contributed by atoms with Crippen molar-refractivity contribution in [2.24, 2.45) is 5.92 Å². The van der Waals surface area contributed by atoms with E-state index in [0.29, 0.717) is 10.5 Å². The van der Waals surface area contributed by atoms with Gasteiger partial charge in [0.15, 0.2) is 0 Å². The maximum atomic E-state index is 13.1. The Kier molecular flexibility index (Phi) is 4.35. The van der Waals surface area contributed by atoms with Gasteiger partial charge in [0, 0.05) is 6.04 Å². The molecule has 2 rings (SSSR count). The molecule has 0 spiro atoms. The highest BCUT2D eigenvalue weighted by Crippen LogP contribution is 2.19. The molecule has 2 atom stereocenters. The van der Waals surface area contributed by atoms with Crippen molar-refractivity contribution in [2.75, 3.05) is 6.54 Å². The highest BCUT2D eigenvalue weighted by Gasteiger charge is 2.15. The van der Waals surface area contributed by atoms with Gasteiger partial charge in [0.05, 0.1) is 4.47 Å². The van der Waals surface area contributed by atoms with E-state index in [2.05, 4.69) is 40.3 Å². The van der Waals surface area contributed by atoms with Gasteiger partial charge in [-0.1, -0.05) is 25.1 Å². The fourth-order valence-electron chi connectivity index (χ4n) is 2.14. The molecule has 1 aromatic carbocycles. The molecule has 0 amide bonds. The molecule has 0 aliphatic carbocycles. The number of rotatable bonds is 2. The Morgan fingerprint density at radius 2 is 2.29 bits per heavy atom. The molecule has 3 heteroatoms. The van der Waals surface area contributed by atoms with Crippen LogP contribution in [0.1, 0.15) is 25.3 Å². The van der Waals surface area contributed by atoms with E-state index in [-0.39, 0.29) is 5.82 Å². The van der Waals surface area contributed by atoms with Crippen LogP contribution >= 0.6 is 15.9 Å². The van der Waals surface area contributed by atoms with Gasteiger partial charge in [0.2, 0.25) is 0 Å². The topological polar surface area (TPSA) is 12.0 Å². The van der Waals surface area contributed by atoms with Crippen LogP contribution < -0.4 is 5.32 Å². The Morgan fingerprint density at radius 1 is 1.47 bits per heavy atom. The SMILES string of the molecule is CC1CCNC(/C=C/c2ccc(F)c(Br)c2)C1. The molecule has 1 aliphatic rings. The lowest BCUT2D eigenvalue weighted by atomic mass is 9.94. The van der Waals surface area contributed by atoms with Gasteiger partial charge in [0.1, 0.15) is 5.82 Å². The predicted octanol–water partition coefficient (Wildman–Crippen LogP) is 3.99. The third-order valence-electron chi connectivity index (χ3n) is 3.16. The second-order valence-electron chi connectivity index (χ2n) is 4.72. The van der Waals surface area contributed by atoms with Crippen molar-refractivity contribution in [3.63, 3.8) is 0 Å². The normalized spacial score (nSPS) is 25.4. The molecule has 1 saturated heterocycles. The number of halogens is 2. The highest BCUT2D eigenvalue weighted by atomic mass is 79.9. The smallest absolute Gasteiger partial charge is 0.137 e. The summed E-state index contributed by atoms with van der Waals surface area (Å²) in [4.78, 5) is 0. The summed E-state index contributed by atoms with van der Waals surface area (Å²) in [7, 11) is 0. The van der Waals surface area contributed by atoms with Gasteiger partial charge >= 0.3 is 0 Å². The lowest BCUT2D eigenvalue weighted by Crippen LogP contribution is -2.35. The zero-order chi connectivity index (χ0) is 12.3. The van der Waals surface area contributed by atoms with Crippen molar-refractivity contribution < 1.29 is 4.39 Å². The maximum absolute atomic E-state index is 13.1. The molecule has 0 bridgehead atoms. The molecule has 0 saturated carbocycles. The second-order valence-corrected chi connectivity index (χ2v) is 5.58. The van der Waals surface area contributed by atoms with E-state index in [1.54, 1.807) is 12.1 Å². The summed E-state index contributed by atoms with van der Waals surface area (Å²) in [5.41, 5.74) is 1.03. The van der Waals surface area contributed by atoms with Gasteiger partial charge in [-0.15, -0.1) is 0 Å². The molecule has 1 aromatic rings. The summed E-state index contributed by atoms with van der Waals surface area (Å²) in [5, 5.41) is 3.47. The first-order chi connectivity index (χ1) is 8.15. The summed E-state index contributed by atoms with van der Waals surface area (Å²) in [6, 6.07) is 5.53. The van der Waals surface area contributed by atoms with Gasteiger partial charge in [-0.2, -0.15) is 0 Å². The fourth-order valence-corrected chi connectivity index (χ4v) is 2.54. The Hall–Kier alpha value is -0.670. The molecule has 17 heavy (non-hydrogen) atoms. The molecule has 2 unspecified atom stereocenters. The van der Waals surface area contributed by atoms with Gasteiger partial charge in [-0.05, 0) is 58.9 Å². The van der Waals surface area contributed by atoms with Gasteiger partial charge in [-0.3, -0.25) is 0 Å². The van der Waals surface area contributed by atoms with E-state index >= 15 is 0 Å². The molecule has 1 heterocycles. The van der Waals surface area contributed by atoms with Crippen molar-refractivity contribution in [3.8, 4) is 0 Å². The number of benzene rings is 1. The van der Waals surface area contributed by atoms with Crippen molar-refractivity contribution >= 4 is 22.0 Å². The standard InChI is InChI=1S/C14H17BrFN/c1-10-6-7-17-12(8-10)4-2-11-3-5-14(16)13(15)9-11/h2-5,9-10,12,17H,6-8H2,1H3/b4-2+. The Bertz CT molecular complexity index is 417. The summed E-state index contributed by atoms with van der Waals surface area (Å²) in [6.45, 7) is 3.37.